The van der Waals surface area contributed by atoms with Crippen LogP contribution in [0.15, 0.2) is 33.7 Å². The summed E-state index contributed by atoms with van der Waals surface area (Å²) in [6, 6.07) is 7.49. The number of hydrogen-bond donors (Lipinski definition) is 3. The standard InChI is InChI=1S/C18H25BrN6O/c1-12-16(13(2)25(4)24-12)11-22-18(20-3)21-10-9-17(26)23-15-7-5-14(19)6-8-15/h5-8H,9-11H2,1-4H3,(H,23,26)(H2,20,21,22). The molecule has 7 nitrogen and oxygen atoms in total. The minimum absolute atomic E-state index is 0.0470. The molecule has 1 aromatic heterocycles. The first-order valence-electron chi connectivity index (χ1n) is 8.39. The van der Waals surface area contributed by atoms with Gasteiger partial charge in [-0.15, -0.1) is 0 Å². The Morgan fingerprint density at radius 1 is 1.23 bits per heavy atom. The van der Waals surface area contributed by atoms with E-state index in [0.717, 1.165) is 27.1 Å². The fourth-order valence-electron chi connectivity index (χ4n) is 2.52. The molecular weight excluding hydrogens is 396 g/mol. The van der Waals surface area contributed by atoms with Gasteiger partial charge in [-0.25, -0.2) is 0 Å². The molecule has 0 aliphatic rings. The van der Waals surface area contributed by atoms with E-state index in [0.29, 0.717) is 25.5 Å². The maximum atomic E-state index is 12.0. The van der Waals surface area contributed by atoms with Gasteiger partial charge < -0.3 is 16.0 Å². The van der Waals surface area contributed by atoms with E-state index in [1.807, 2.05) is 49.8 Å². The monoisotopic (exact) mass is 420 g/mol. The van der Waals surface area contributed by atoms with Gasteiger partial charge in [0.2, 0.25) is 5.91 Å². The van der Waals surface area contributed by atoms with Crippen molar-refractivity contribution < 1.29 is 4.79 Å². The third-order valence-corrected chi connectivity index (χ3v) is 4.62. The number of hydrogen-bond acceptors (Lipinski definition) is 3. The molecule has 0 radical (unpaired) electrons. The number of halogens is 1. The van der Waals surface area contributed by atoms with Crippen LogP contribution in [0.25, 0.3) is 0 Å². The van der Waals surface area contributed by atoms with Crippen LogP contribution in [0.1, 0.15) is 23.4 Å². The van der Waals surface area contributed by atoms with Crippen LogP contribution >= 0.6 is 15.9 Å². The van der Waals surface area contributed by atoms with Crippen molar-refractivity contribution in [1.29, 1.82) is 0 Å². The number of guanidine groups is 1. The van der Waals surface area contributed by atoms with Crippen molar-refractivity contribution in [3.8, 4) is 0 Å². The summed E-state index contributed by atoms with van der Waals surface area (Å²) >= 11 is 3.37. The van der Waals surface area contributed by atoms with Gasteiger partial charge in [-0.2, -0.15) is 5.10 Å². The van der Waals surface area contributed by atoms with E-state index in [9.17, 15) is 4.79 Å². The summed E-state index contributed by atoms with van der Waals surface area (Å²) in [5, 5.41) is 13.7. The van der Waals surface area contributed by atoms with Gasteiger partial charge >= 0.3 is 0 Å². The first kappa shape index (κ1) is 20.0. The minimum atomic E-state index is -0.0470. The Hall–Kier alpha value is -2.35. The zero-order valence-corrected chi connectivity index (χ0v) is 17.1. The van der Waals surface area contributed by atoms with E-state index in [1.54, 1.807) is 7.05 Å². The largest absolute Gasteiger partial charge is 0.356 e. The van der Waals surface area contributed by atoms with Gasteiger partial charge in [0.25, 0.3) is 0 Å². The molecule has 0 fully saturated rings. The molecule has 0 spiro atoms. The van der Waals surface area contributed by atoms with Crippen LogP contribution in [0.3, 0.4) is 0 Å². The van der Waals surface area contributed by atoms with Crippen LogP contribution in [0.4, 0.5) is 5.69 Å². The van der Waals surface area contributed by atoms with Gasteiger partial charge in [-0.05, 0) is 38.1 Å². The predicted molar refractivity (Wildman–Crippen MR) is 108 cm³/mol. The van der Waals surface area contributed by atoms with E-state index in [2.05, 4.69) is 42.0 Å². The average Bonchev–Trinajstić information content (AvgIpc) is 2.85. The highest BCUT2D eigenvalue weighted by Crippen LogP contribution is 2.14. The summed E-state index contributed by atoms with van der Waals surface area (Å²) in [4.78, 5) is 16.2. The Labute approximate surface area is 162 Å². The number of aryl methyl sites for hydroxylation is 2. The number of aliphatic imine (C=N–C) groups is 1. The molecular formula is C18H25BrN6O. The Bertz CT molecular complexity index is 782. The number of anilines is 1. The highest BCUT2D eigenvalue weighted by molar-refractivity contribution is 9.10. The summed E-state index contributed by atoms with van der Waals surface area (Å²) in [5.41, 5.74) is 4.06. The SMILES string of the molecule is CN=C(NCCC(=O)Nc1ccc(Br)cc1)NCc1c(C)nn(C)c1C. The van der Waals surface area contributed by atoms with Crippen LogP contribution in [0.5, 0.6) is 0 Å². The molecule has 0 aliphatic carbocycles. The van der Waals surface area contributed by atoms with E-state index < -0.39 is 0 Å². The van der Waals surface area contributed by atoms with Crippen LogP contribution in [0.2, 0.25) is 0 Å². The van der Waals surface area contributed by atoms with Gasteiger partial charge in [0.15, 0.2) is 5.96 Å². The molecule has 0 saturated carbocycles. The molecule has 0 unspecified atom stereocenters. The number of nitrogens with zero attached hydrogens (tertiary/aromatic N) is 3. The van der Waals surface area contributed by atoms with Crippen LogP contribution in [-0.4, -0.2) is 35.2 Å². The van der Waals surface area contributed by atoms with Gasteiger partial charge in [-0.3, -0.25) is 14.5 Å². The molecule has 0 bridgehead atoms. The first-order chi connectivity index (χ1) is 12.4. The number of carbonyl (C=O) groups excluding carboxylic acids is 1. The van der Waals surface area contributed by atoms with Crippen molar-refractivity contribution in [1.82, 2.24) is 20.4 Å². The van der Waals surface area contributed by atoms with E-state index in [-0.39, 0.29) is 5.91 Å². The molecule has 1 aromatic carbocycles. The molecule has 2 rings (SSSR count). The molecule has 0 saturated heterocycles. The number of nitrogens with one attached hydrogen (secondary N) is 3. The third kappa shape index (κ3) is 5.59. The quantitative estimate of drug-likeness (QED) is 0.495. The number of benzene rings is 1. The smallest absolute Gasteiger partial charge is 0.226 e. The lowest BCUT2D eigenvalue weighted by atomic mass is 10.2. The van der Waals surface area contributed by atoms with E-state index >= 15 is 0 Å². The topological polar surface area (TPSA) is 83.3 Å². The molecule has 1 amide bonds. The number of rotatable bonds is 6. The highest BCUT2D eigenvalue weighted by Gasteiger charge is 2.10. The molecule has 0 atom stereocenters. The molecule has 140 valence electrons. The first-order valence-corrected chi connectivity index (χ1v) is 9.19. The third-order valence-electron chi connectivity index (χ3n) is 4.09. The van der Waals surface area contributed by atoms with Gasteiger partial charge in [-0.1, -0.05) is 15.9 Å². The molecule has 0 aliphatic heterocycles. The maximum absolute atomic E-state index is 12.0. The second-order valence-electron chi connectivity index (χ2n) is 5.93. The second-order valence-corrected chi connectivity index (χ2v) is 6.85. The molecule has 26 heavy (non-hydrogen) atoms. The van der Waals surface area contributed by atoms with Crippen molar-refractivity contribution in [2.75, 3.05) is 18.9 Å². The summed E-state index contributed by atoms with van der Waals surface area (Å²) < 4.78 is 2.85. The van der Waals surface area contributed by atoms with E-state index in [1.165, 1.54) is 0 Å². The molecule has 1 heterocycles. The summed E-state index contributed by atoms with van der Waals surface area (Å²) in [6.45, 7) is 5.16. The normalized spacial score (nSPS) is 11.3. The van der Waals surface area contributed by atoms with Crippen molar-refractivity contribution in [2.24, 2.45) is 12.0 Å². The number of amides is 1. The van der Waals surface area contributed by atoms with Crippen molar-refractivity contribution >= 4 is 33.5 Å². The Morgan fingerprint density at radius 2 is 1.92 bits per heavy atom. The zero-order chi connectivity index (χ0) is 19.1. The Kier molecular flexibility index (Phi) is 7.20. The van der Waals surface area contributed by atoms with Gasteiger partial charge in [0.1, 0.15) is 0 Å². The van der Waals surface area contributed by atoms with Crippen molar-refractivity contribution in [3.05, 3.63) is 45.7 Å². The van der Waals surface area contributed by atoms with Crippen LogP contribution in [0, 0.1) is 13.8 Å². The lowest BCUT2D eigenvalue weighted by molar-refractivity contribution is -0.116. The molecule has 8 heteroatoms. The minimum Gasteiger partial charge on any atom is -0.356 e. The fraction of sp³-hybridized carbons (Fsp3) is 0.389. The van der Waals surface area contributed by atoms with Crippen molar-refractivity contribution in [2.45, 2.75) is 26.8 Å². The second kappa shape index (κ2) is 9.38. The van der Waals surface area contributed by atoms with Gasteiger partial charge in [0, 0.05) is 55.0 Å². The van der Waals surface area contributed by atoms with Crippen LogP contribution in [-0.2, 0) is 18.4 Å². The van der Waals surface area contributed by atoms with Crippen molar-refractivity contribution in [3.63, 3.8) is 0 Å². The summed E-state index contributed by atoms with van der Waals surface area (Å²) in [7, 11) is 3.64. The number of carbonyl (C=O) groups is 1. The fourth-order valence-corrected chi connectivity index (χ4v) is 2.78. The zero-order valence-electron chi connectivity index (χ0n) is 15.6. The number of aromatic nitrogens is 2. The highest BCUT2D eigenvalue weighted by atomic mass is 79.9. The predicted octanol–water partition coefficient (Wildman–Crippen LogP) is 2.49. The van der Waals surface area contributed by atoms with Gasteiger partial charge in [0.05, 0.1) is 5.69 Å². The molecule has 2 aromatic rings. The van der Waals surface area contributed by atoms with Crippen LogP contribution < -0.4 is 16.0 Å². The maximum Gasteiger partial charge on any atom is 0.226 e. The van der Waals surface area contributed by atoms with E-state index in [4.69, 9.17) is 0 Å². The summed E-state index contributed by atoms with van der Waals surface area (Å²) in [6.07, 6.45) is 0.349. The Balaban J connectivity index is 1.76. The Morgan fingerprint density at radius 3 is 2.50 bits per heavy atom. The molecule has 3 N–H and O–H groups in total. The lowest BCUT2D eigenvalue weighted by Crippen LogP contribution is -2.38. The average molecular weight is 421 g/mol. The summed E-state index contributed by atoms with van der Waals surface area (Å²) in [5.74, 6) is 0.610. The lowest BCUT2D eigenvalue weighted by Gasteiger charge is -2.12.